The van der Waals surface area contributed by atoms with Gasteiger partial charge < -0.3 is 33.8 Å². The zero-order chi connectivity index (χ0) is 65.7. The van der Waals surface area contributed by atoms with Crippen LogP contribution in [0.2, 0.25) is 0 Å². The lowest BCUT2D eigenvalue weighted by Crippen LogP contribution is -2.30. The first-order valence-corrected chi connectivity index (χ1v) is 39.6. The standard InChI is InChI=1S/C70H136O17P2/c1-7-11-13-15-17-19-20-26-30-34-41-47-53-68(73)81-58-65(86-69(74)54-48-42-35-31-27-24-22-21-23-25-29-32-38-44-50-62(5)9-3)60-84-88(76,77)82-56-64(71)57-83-89(78,79)85-61-66(59-80-67(72)52-46-40-33-28-18-16-14-12-8-2)87-70(75)55-49-43-37-36-39-45-51-63(6)10-4/h62-66,71H,7-61H2,1-6H3,(H,76,77)(H,78,79)/t62?,63?,64-,65-,66-/m1/s1. The SMILES string of the molecule is CCCCCCCCCCCCCCC(=O)OC[C@H](COP(=O)(O)OC[C@@H](O)COP(=O)(O)OC[C@@H](COC(=O)CCCCCCCCCCC)OC(=O)CCCCCCCCC(C)CC)OC(=O)CCCCCCCCCCCCCCCCC(C)CC. The fourth-order valence-corrected chi connectivity index (χ4v) is 12.1. The van der Waals surface area contributed by atoms with E-state index in [1.807, 2.05) is 0 Å². The summed E-state index contributed by atoms with van der Waals surface area (Å²) in [6.45, 7) is 9.54. The van der Waals surface area contributed by atoms with Crippen LogP contribution in [0.3, 0.4) is 0 Å². The minimum atomic E-state index is -4.95. The van der Waals surface area contributed by atoms with Crippen LogP contribution in [0.15, 0.2) is 0 Å². The van der Waals surface area contributed by atoms with Crippen molar-refractivity contribution in [1.82, 2.24) is 0 Å². The van der Waals surface area contributed by atoms with E-state index in [1.165, 1.54) is 173 Å². The molecule has 3 N–H and O–H groups in total. The average molecular weight is 1310 g/mol. The molecule has 0 spiro atoms. The average Bonchev–Trinajstić information content (AvgIpc) is 3.68. The van der Waals surface area contributed by atoms with Gasteiger partial charge in [0.1, 0.15) is 19.3 Å². The molecule has 19 heteroatoms. The van der Waals surface area contributed by atoms with Crippen LogP contribution < -0.4 is 0 Å². The number of phosphoric ester groups is 2. The molecule has 0 saturated heterocycles. The molecule has 0 radical (unpaired) electrons. The lowest BCUT2D eigenvalue weighted by atomic mass is 9.99. The molecule has 0 heterocycles. The van der Waals surface area contributed by atoms with Gasteiger partial charge in [0.05, 0.1) is 26.4 Å². The monoisotopic (exact) mass is 1310 g/mol. The van der Waals surface area contributed by atoms with Crippen LogP contribution in [0.1, 0.15) is 356 Å². The Morgan fingerprint density at radius 2 is 0.539 bits per heavy atom. The van der Waals surface area contributed by atoms with Crippen molar-refractivity contribution in [2.24, 2.45) is 11.8 Å². The summed E-state index contributed by atoms with van der Waals surface area (Å²) in [7, 11) is -9.90. The molecule has 0 saturated carbocycles. The number of unbranched alkanes of at least 4 members (excludes halogenated alkanes) is 37. The maximum atomic E-state index is 13.0. The molecule has 4 unspecified atom stereocenters. The number of rotatable bonds is 69. The lowest BCUT2D eigenvalue weighted by molar-refractivity contribution is -0.161. The van der Waals surface area contributed by atoms with Crippen molar-refractivity contribution in [1.29, 1.82) is 0 Å². The number of phosphoric acid groups is 2. The summed E-state index contributed by atoms with van der Waals surface area (Å²) in [4.78, 5) is 72.5. The number of aliphatic hydroxyl groups is 1. The summed E-state index contributed by atoms with van der Waals surface area (Å²) >= 11 is 0. The second kappa shape index (κ2) is 62.2. The molecule has 0 fully saturated rings. The second-order valence-corrected chi connectivity index (χ2v) is 28.7. The van der Waals surface area contributed by atoms with Crippen molar-refractivity contribution in [3.05, 3.63) is 0 Å². The highest BCUT2D eigenvalue weighted by Gasteiger charge is 2.30. The van der Waals surface area contributed by atoms with E-state index in [1.54, 1.807) is 0 Å². The van der Waals surface area contributed by atoms with Crippen LogP contribution in [0.25, 0.3) is 0 Å². The molecular formula is C70H136O17P2. The Bertz CT molecular complexity index is 1740. The molecule has 0 amide bonds. The van der Waals surface area contributed by atoms with Gasteiger partial charge in [0, 0.05) is 25.7 Å². The van der Waals surface area contributed by atoms with E-state index in [4.69, 9.17) is 37.0 Å². The Labute approximate surface area is 543 Å². The zero-order valence-corrected chi connectivity index (χ0v) is 59.5. The van der Waals surface area contributed by atoms with Gasteiger partial charge in [-0.1, -0.05) is 305 Å². The van der Waals surface area contributed by atoms with Gasteiger partial charge in [-0.25, -0.2) is 9.13 Å². The predicted molar refractivity (Wildman–Crippen MR) is 358 cm³/mol. The molecule has 89 heavy (non-hydrogen) atoms. The van der Waals surface area contributed by atoms with Gasteiger partial charge >= 0.3 is 39.5 Å². The van der Waals surface area contributed by atoms with Crippen molar-refractivity contribution in [2.75, 3.05) is 39.6 Å². The van der Waals surface area contributed by atoms with E-state index in [0.29, 0.717) is 25.7 Å². The van der Waals surface area contributed by atoms with Gasteiger partial charge in [-0.05, 0) is 37.5 Å². The van der Waals surface area contributed by atoms with Crippen molar-refractivity contribution in [3.63, 3.8) is 0 Å². The largest absolute Gasteiger partial charge is 0.472 e. The molecule has 528 valence electrons. The van der Waals surface area contributed by atoms with Gasteiger partial charge in [-0.3, -0.25) is 37.3 Å². The number of hydrogen-bond donors (Lipinski definition) is 3. The normalized spacial score (nSPS) is 14.8. The summed E-state index contributed by atoms with van der Waals surface area (Å²) in [6.07, 6.45) is 47.1. The number of carbonyl (C=O) groups excluding carboxylic acids is 4. The van der Waals surface area contributed by atoms with E-state index in [0.717, 1.165) is 102 Å². The molecule has 0 aliphatic carbocycles. The van der Waals surface area contributed by atoms with Crippen molar-refractivity contribution in [3.8, 4) is 0 Å². The quantitative estimate of drug-likeness (QED) is 0.0222. The number of aliphatic hydroxyl groups excluding tert-OH is 1. The Balaban J connectivity index is 5.22. The van der Waals surface area contributed by atoms with Gasteiger partial charge in [-0.2, -0.15) is 0 Å². The molecule has 7 atom stereocenters. The zero-order valence-electron chi connectivity index (χ0n) is 57.7. The van der Waals surface area contributed by atoms with Crippen LogP contribution >= 0.6 is 15.6 Å². The van der Waals surface area contributed by atoms with Gasteiger partial charge in [0.2, 0.25) is 0 Å². The van der Waals surface area contributed by atoms with Gasteiger partial charge in [0.15, 0.2) is 12.2 Å². The minimum absolute atomic E-state index is 0.103. The molecule has 0 aliphatic heterocycles. The fourth-order valence-electron chi connectivity index (χ4n) is 10.5. The Morgan fingerprint density at radius 1 is 0.315 bits per heavy atom. The highest BCUT2D eigenvalue weighted by Crippen LogP contribution is 2.45. The highest BCUT2D eigenvalue weighted by atomic mass is 31.2. The van der Waals surface area contributed by atoms with Gasteiger partial charge in [0.25, 0.3) is 0 Å². The van der Waals surface area contributed by atoms with Crippen LogP contribution in [-0.2, 0) is 65.4 Å². The number of esters is 4. The van der Waals surface area contributed by atoms with E-state index >= 15 is 0 Å². The first-order valence-electron chi connectivity index (χ1n) is 36.6. The summed E-state index contributed by atoms with van der Waals surface area (Å²) in [5.41, 5.74) is 0. The highest BCUT2D eigenvalue weighted by molar-refractivity contribution is 7.47. The van der Waals surface area contributed by atoms with Crippen molar-refractivity contribution < 1.29 is 80.2 Å². The number of hydrogen-bond acceptors (Lipinski definition) is 15. The summed E-state index contributed by atoms with van der Waals surface area (Å²) in [5, 5.41) is 10.6. The van der Waals surface area contributed by atoms with E-state index < -0.39 is 97.5 Å². The predicted octanol–water partition coefficient (Wildman–Crippen LogP) is 20.0. The molecule has 0 aliphatic rings. The van der Waals surface area contributed by atoms with Crippen molar-refractivity contribution in [2.45, 2.75) is 374 Å². The van der Waals surface area contributed by atoms with E-state index in [2.05, 4.69) is 41.5 Å². The number of ether oxygens (including phenoxy) is 4. The third kappa shape index (κ3) is 62.0. The minimum Gasteiger partial charge on any atom is -0.462 e. The smallest absolute Gasteiger partial charge is 0.462 e. The molecule has 0 aromatic rings. The third-order valence-corrected chi connectivity index (χ3v) is 18.8. The van der Waals surface area contributed by atoms with Crippen LogP contribution in [-0.4, -0.2) is 96.7 Å². The van der Waals surface area contributed by atoms with Crippen LogP contribution in [0.5, 0.6) is 0 Å². The maximum absolute atomic E-state index is 13.0. The summed E-state index contributed by atoms with van der Waals surface area (Å²) in [5.74, 6) is -0.561. The summed E-state index contributed by atoms with van der Waals surface area (Å²) in [6, 6.07) is 0. The van der Waals surface area contributed by atoms with E-state index in [-0.39, 0.29) is 25.7 Å². The Hall–Kier alpha value is -1.94. The maximum Gasteiger partial charge on any atom is 0.472 e. The van der Waals surface area contributed by atoms with Gasteiger partial charge in [-0.15, -0.1) is 0 Å². The molecule has 0 aromatic carbocycles. The topological polar surface area (TPSA) is 237 Å². The van der Waals surface area contributed by atoms with Crippen molar-refractivity contribution >= 4 is 39.5 Å². The first-order chi connectivity index (χ1) is 42.9. The number of carbonyl (C=O) groups is 4. The van der Waals surface area contributed by atoms with E-state index in [9.17, 15) is 43.2 Å². The second-order valence-electron chi connectivity index (χ2n) is 25.8. The fraction of sp³-hybridized carbons (Fsp3) is 0.943. The van der Waals surface area contributed by atoms with Crippen LogP contribution in [0, 0.1) is 11.8 Å². The third-order valence-electron chi connectivity index (χ3n) is 16.9. The van der Waals surface area contributed by atoms with Crippen LogP contribution in [0.4, 0.5) is 0 Å². The molecule has 17 nitrogen and oxygen atoms in total. The first kappa shape index (κ1) is 87.1. The lowest BCUT2D eigenvalue weighted by Gasteiger charge is -2.21. The molecule has 0 bridgehead atoms. The Morgan fingerprint density at radius 3 is 0.798 bits per heavy atom. The molecule has 0 rings (SSSR count). The molecule has 0 aromatic heterocycles. The molecular weight excluding hydrogens is 1170 g/mol. The Kier molecular flexibility index (Phi) is 60.8. The summed E-state index contributed by atoms with van der Waals surface area (Å²) < 4.78 is 68.2.